The minimum Gasteiger partial charge on any atom is -0.329 e. The Morgan fingerprint density at radius 1 is 1.64 bits per heavy atom. The zero-order valence-corrected chi connectivity index (χ0v) is 6.74. The average molecular weight is 156 g/mol. The van der Waals surface area contributed by atoms with Crippen molar-refractivity contribution in [2.45, 2.75) is 6.92 Å². The van der Waals surface area contributed by atoms with Crippen LogP contribution in [-0.4, -0.2) is 30.3 Å². The molecule has 0 atom stereocenters. The molecule has 0 spiro atoms. The van der Waals surface area contributed by atoms with Crippen molar-refractivity contribution in [3.8, 4) is 0 Å². The van der Waals surface area contributed by atoms with E-state index in [4.69, 9.17) is 10.3 Å². The van der Waals surface area contributed by atoms with Crippen molar-refractivity contribution in [1.29, 1.82) is 0 Å². The molecule has 5 heteroatoms. The number of aromatic nitrogens is 2. The van der Waals surface area contributed by atoms with Crippen molar-refractivity contribution in [1.82, 2.24) is 10.1 Å². The number of anilines is 1. The molecule has 0 bridgehead atoms. The Morgan fingerprint density at radius 2 is 2.36 bits per heavy atom. The lowest BCUT2D eigenvalue weighted by molar-refractivity contribution is 0.413. The van der Waals surface area contributed by atoms with Gasteiger partial charge in [0.15, 0.2) is 5.82 Å². The molecule has 0 aliphatic carbocycles. The summed E-state index contributed by atoms with van der Waals surface area (Å²) in [4.78, 5) is 5.84. The molecule has 0 aromatic carbocycles. The maximum atomic E-state index is 5.34. The highest BCUT2D eigenvalue weighted by Gasteiger charge is 2.06. The van der Waals surface area contributed by atoms with Crippen LogP contribution in [0, 0.1) is 6.92 Å². The van der Waals surface area contributed by atoms with Gasteiger partial charge in [0.1, 0.15) is 0 Å². The number of aryl methyl sites for hydroxylation is 1. The molecule has 0 fully saturated rings. The molecule has 11 heavy (non-hydrogen) atoms. The van der Waals surface area contributed by atoms with Gasteiger partial charge in [-0.25, -0.2) is 0 Å². The van der Waals surface area contributed by atoms with Gasteiger partial charge >= 0.3 is 6.01 Å². The third-order valence-electron chi connectivity index (χ3n) is 1.31. The standard InChI is InChI=1S/C6H12N4O/c1-5-8-6(11-9-5)10(2)4-3-7/h3-4,7H2,1-2H3. The molecule has 0 radical (unpaired) electrons. The molecule has 0 amide bonds. The predicted molar refractivity (Wildman–Crippen MR) is 41.4 cm³/mol. The average Bonchev–Trinajstić information content (AvgIpc) is 2.36. The van der Waals surface area contributed by atoms with Crippen LogP contribution in [0.3, 0.4) is 0 Å². The Labute approximate surface area is 65.2 Å². The summed E-state index contributed by atoms with van der Waals surface area (Å²) in [6.07, 6.45) is 0. The molecule has 5 nitrogen and oxygen atoms in total. The Morgan fingerprint density at radius 3 is 2.82 bits per heavy atom. The number of rotatable bonds is 3. The first-order valence-corrected chi connectivity index (χ1v) is 3.45. The highest BCUT2D eigenvalue weighted by atomic mass is 16.5. The minimum absolute atomic E-state index is 0.521. The lowest BCUT2D eigenvalue weighted by atomic mass is 10.6. The van der Waals surface area contributed by atoms with E-state index in [0.717, 1.165) is 6.54 Å². The van der Waals surface area contributed by atoms with Gasteiger partial charge in [-0.15, -0.1) is 0 Å². The highest BCUT2D eigenvalue weighted by Crippen LogP contribution is 2.06. The van der Waals surface area contributed by atoms with E-state index < -0.39 is 0 Å². The number of hydrogen-bond donors (Lipinski definition) is 1. The third kappa shape index (κ3) is 1.91. The Balaban J connectivity index is 2.60. The second-order valence-corrected chi connectivity index (χ2v) is 2.33. The van der Waals surface area contributed by atoms with E-state index in [1.54, 1.807) is 6.92 Å². The van der Waals surface area contributed by atoms with Crippen molar-refractivity contribution < 1.29 is 4.52 Å². The molecule has 0 unspecified atom stereocenters. The van der Waals surface area contributed by atoms with Gasteiger partial charge in [0.2, 0.25) is 0 Å². The molecule has 62 valence electrons. The summed E-state index contributed by atoms with van der Waals surface area (Å²) >= 11 is 0. The number of likely N-dealkylation sites (N-methyl/N-ethyl adjacent to an activating group) is 1. The first-order valence-electron chi connectivity index (χ1n) is 3.45. The van der Waals surface area contributed by atoms with Crippen molar-refractivity contribution in [3.05, 3.63) is 5.82 Å². The largest absolute Gasteiger partial charge is 0.329 e. The minimum atomic E-state index is 0.521. The SMILES string of the molecule is Cc1noc(N(C)CCN)n1. The molecule has 1 aromatic rings. The molecule has 0 saturated heterocycles. The Kier molecular flexibility index (Phi) is 2.43. The number of nitrogens with zero attached hydrogens (tertiary/aromatic N) is 3. The van der Waals surface area contributed by atoms with E-state index in [-0.39, 0.29) is 0 Å². The first-order chi connectivity index (χ1) is 5.24. The number of hydrogen-bond acceptors (Lipinski definition) is 5. The van der Waals surface area contributed by atoms with Crippen LogP contribution >= 0.6 is 0 Å². The van der Waals surface area contributed by atoms with Crippen molar-refractivity contribution in [2.75, 3.05) is 25.0 Å². The summed E-state index contributed by atoms with van der Waals surface area (Å²) in [6, 6.07) is 0.521. The van der Waals surface area contributed by atoms with Crippen LogP contribution in [-0.2, 0) is 0 Å². The first kappa shape index (κ1) is 8.00. The lowest BCUT2D eigenvalue weighted by Gasteiger charge is -2.10. The van der Waals surface area contributed by atoms with E-state index in [0.29, 0.717) is 18.4 Å². The van der Waals surface area contributed by atoms with Crippen LogP contribution < -0.4 is 10.6 Å². The second kappa shape index (κ2) is 3.34. The van der Waals surface area contributed by atoms with E-state index >= 15 is 0 Å². The van der Waals surface area contributed by atoms with E-state index in [2.05, 4.69) is 10.1 Å². The van der Waals surface area contributed by atoms with Gasteiger partial charge in [0.25, 0.3) is 0 Å². The summed E-state index contributed by atoms with van der Waals surface area (Å²) in [6.45, 7) is 3.09. The molecule has 0 saturated carbocycles. The Bertz CT molecular complexity index is 222. The van der Waals surface area contributed by atoms with E-state index in [1.165, 1.54) is 0 Å². The molecule has 0 aliphatic rings. The summed E-state index contributed by atoms with van der Waals surface area (Å²) < 4.78 is 4.89. The fraction of sp³-hybridized carbons (Fsp3) is 0.667. The zero-order chi connectivity index (χ0) is 8.27. The smallest absolute Gasteiger partial charge is 0.323 e. The molecule has 2 N–H and O–H groups in total. The van der Waals surface area contributed by atoms with E-state index in [9.17, 15) is 0 Å². The summed E-state index contributed by atoms with van der Waals surface area (Å²) in [5, 5.41) is 3.65. The van der Waals surface area contributed by atoms with Gasteiger partial charge in [-0.05, 0) is 6.92 Å². The van der Waals surface area contributed by atoms with Gasteiger partial charge in [-0.1, -0.05) is 5.16 Å². The highest BCUT2D eigenvalue weighted by molar-refractivity contribution is 5.22. The van der Waals surface area contributed by atoms with Crippen LogP contribution in [0.25, 0.3) is 0 Å². The molecular weight excluding hydrogens is 144 g/mol. The molecular formula is C6H12N4O. The molecule has 0 aliphatic heterocycles. The summed E-state index contributed by atoms with van der Waals surface area (Å²) in [5.41, 5.74) is 5.34. The maximum absolute atomic E-state index is 5.34. The van der Waals surface area contributed by atoms with Gasteiger partial charge < -0.3 is 15.2 Å². The van der Waals surface area contributed by atoms with Crippen LogP contribution in [0.5, 0.6) is 0 Å². The van der Waals surface area contributed by atoms with E-state index in [1.807, 2.05) is 11.9 Å². The summed E-state index contributed by atoms with van der Waals surface area (Å²) in [5.74, 6) is 0.642. The van der Waals surface area contributed by atoms with Crippen LogP contribution in [0.4, 0.5) is 6.01 Å². The van der Waals surface area contributed by atoms with Gasteiger partial charge in [0.05, 0.1) is 0 Å². The van der Waals surface area contributed by atoms with Gasteiger partial charge in [-0.3, -0.25) is 0 Å². The van der Waals surface area contributed by atoms with Crippen LogP contribution in [0.15, 0.2) is 4.52 Å². The predicted octanol–water partition coefficient (Wildman–Crippen LogP) is -0.227. The second-order valence-electron chi connectivity index (χ2n) is 2.33. The molecule has 1 rings (SSSR count). The van der Waals surface area contributed by atoms with Crippen LogP contribution in [0.2, 0.25) is 0 Å². The van der Waals surface area contributed by atoms with Gasteiger partial charge in [0, 0.05) is 20.1 Å². The van der Waals surface area contributed by atoms with Crippen LogP contribution in [0.1, 0.15) is 5.82 Å². The molecule has 1 heterocycles. The fourth-order valence-corrected chi connectivity index (χ4v) is 0.730. The molecule has 1 aromatic heterocycles. The summed E-state index contributed by atoms with van der Waals surface area (Å²) in [7, 11) is 1.86. The topological polar surface area (TPSA) is 68.2 Å². The quantitative estimate of drug-likeness (QED) is 0.654. The zero-order valence-electron chi connectivity index (χ0n) is 6.74. The van der Waals surface area contributed by atoms with Crippen molar-refractivity contribution in [3.63, 3.8) is 0 Å². The lowest BCUT2D eigenvalue weighted by Crippen LogP contribution is -2.25. The Hall–Kier alpha value is -1.10. The maximum Gasteiger partial charge on any atom is 0.323 e. The normalized spacial score (nSPS) is 10.1. The fourth-order valence-electron chi connectivity index (χ4n) is 0.730. The number of nitrogens with two attached hydrogens (primary N) is 1. The third-order valence-corrected chi connectivity index (χ3v) is 1.31. The van der Waals surface area contributed by atoms with Crippen molar-refractivity contribution >= 4 is 6.01 Å². The monoisotopic (exact) mass is 156 g/mol. The van der Waals surface area contributed by atoms with Gasteiger partial charge in [-0.2, -0.15) is 4.98 Å². The van der Waals surface area contributed by atoms with Crippen molar-refractivity contribution in [2.24, 2.45) is 5.73 Å².